The molecule has 0 aromatic heterocycles. The Morgan fingerprint density at radius 3 is 2.46 bits per heavy atom. The smallest absolute Gasteiger partial charge is 0.119 e. The summed E-state index contributed by atoms with van der Waals surface area (Å²) in [4.78, 5) is 0. The van der Waals surface area contributed by atoms with Crippen molar-refractivity contribution in [1.82, 2.24) is 5.32 Å². The third kappa shape index (κ3) is 11.1. The van der Waals surface area contributed by atoms with Crippen LogP contribution in [-0.2, 0) is 0 Å². The molecule has 2 heteroatoms. The van der Waals surface area contributed by atoms with Crippen LogP contribution in [0.5, 0.6) is 5.75 Å². The van der Waals surface area contributed by atoms with E-state index in [4.69, 9.17) is 4.74 Å². The van der Waals surface area contributed by atoms with Crippen molar-refractivity contribution in [2.45, 2.75) is 66.2 Å². The van der Waals surface area contributed by atoms with E-state index >= 15 is 0 Å². The minimum atomic E-state index is 0.0201. The van der Waals surface area contributed by atoms with Crippen LogP contribution in [-0.4, -0.2) is 19.7 Å². The number of unbranched alkanes of at least 4 members (excludes halogenated alkanes) is 2. The van der Waals surface area contributed by atoms with Gasteiger partial charge in [-0.2, -0.15) is 0 Å². The summed E-state index contributed by atoms with van der Waals surface area (Å²) in [5.74, 6) is 0.950. The maximum atomic E-state index is 5.86. The van der Waals surface area contributed by atoms with Crippen LogP contribution in [0.15, 0.2) is 54.6 Å². The summed E-state index contributed by atoms with van der Waals surface area (Å²) >= 11 is 0. The van der Waals surface area contributed by atoms with Crippen molar-refractivity contribution in [1.29, 1.82) is 0 Å². The highest BCUT2D eigenvalue weighted by atomic mass is 16.5. The molecule has 0 heterocycles. The fraction of sp³-hybridized carbons (Fsp3) is 0.538. The van der Waals surface area contributed by atoms with Gasteiger partial charge in [0, 0.05) is 5.41 Å². The standard InChI is InChI=1S/C26H41NO/c1-6-8-20-27-21-9-10-22-28-25-15-13-24(14-16-25)17-19-26(5,7-2)18-11-12-23(3)4/h7,12-17,19,27H,2,6,8-11,18,20-22H2,1,3-5H3/b19-17+/t26-/m1/s1. The van der Waals surface area contributed by atoms with Gasteiger partial charge < -0.3 is 10.1 Å². The summed E-state index contributed by atoms with van der Waals surface area (Å²) in [6.07, 6.45) is 15.7. The Hall–Kier alpha value is -1.80. The molecule has 0 fully saturated rings. The summed E-state index contributed by atoms with van der Waals surface area (Å²) in [6.45, 7) is 15.8. The Labute approximate surface area is 173 Å². The maximum Gasteiger partial charge on any atom is 0.119 e. The van der Waals surface area contributed by atoms with E-state index in [9.17, 15) is 0 Å². The number of rotatable bonds is 15. The average Bonchev–Trinajstić information content (AvgIpc) is 2.69. The first-order valence-electron chi connectivity index (χ1n) is 10.9. The second-order valence-corrected chi connectivity index (χ2v) is 8.09. The van der Waals surface area contributed by atoms with Crippen LogP contribution in [0, 0.1) is 5.41 Å². The SMILES string of the molecule is C=C[C@@](C)(/C=C/c1ccc(OCCCCNCCCC)cc1)CCC=C(C)C. The van der Waals surface area contributed by atoms with Crippen molar-refractivity contribution >= 4 is 6.08 Å². The van der Waals surface area contributed by atoms with E-state index in [2.05, 4.69) is 88.2 Å². The second kappa shape index (κ2) is 14.2. The first-order valence-corrected chi connectivity index (χ1v) is 10.9. The molecule has 0 amide bonds. The second-order valence-electron chi connectivity index (χ2n) is 8.09. The zero-order valence-corrected chi connectivity index (χ0v) is 18.6. The van der Waals surface area contributed by atoms with Gasteiger partial charge in [-0.3, -0.25) is 0 Å². The van der Waals surface area contributed by atoms with Crippen molar-refractivity contribution < 1.29 is 4.74 Å². The first kappa shape index (κ1) is 24.2. The monoisotopic (exact) mass is 383 g/mol. The van der Waals surface area contributed by atoms with Crippen molar-refractivity contribution in [3.8, 4) is 5.75 Å². The molecule has 0 unspecified atom stereocenters. The van der Waals surface area contributed by atoms with Gasteiger partial charge in [-0.05, 0) is 76.7 Å². The molecule has 1 aromatic carbocycles. The van der Waals surface area contributed by atoms with Crippen molar-refractivity contribution in [3.05, 3.63) is 60.2 Å². The zero-order chi connectivity index (χ0) is 20.7. The van der Waals surface area contributed by atoms with Gasteiger partial charge in [0.25, 0.3) is 0 Å². The van der Waals surface area contributed by atoms with Crippen LogP contribution >= 0.6 is 0 Å². The highest BCUT2D eigenvalue weighted by molar-refractivity contribution is 5.52. The molecule has 0 spiro atoms. The average molecular weight is 384 g/mol. The molecule has 0 aliphatic carbocycles. The van der Waals surface area contributed by atoms with E-state index in [1.165, 1.54) is 24.0 Å². The van der Waals surface area contributed by atoms with Crippen molar-refractivity contribution in [2.24, 2.45) is 5.41 Å². The molecule has 1 rings (SSSR count). The van der Waals surface area contributed by atoms with E-state index in [-0.39, 0.29) is 5.41 Å². The van der Waals surface area contributed by atoms with Gasteiger partial charge in [0.15, 0.2) is 0 Å². The van der Waals surface area contributed by atoms with Crippen LogP contribution < -0.4 is 10.1 Å². The lowest BCUT2D eigenvalue weighted by atomic mass is 9.84. The summed E-state index contributed by atoms with van der Waals surface area (Å²) in [5, 5.41) is 3.47. The van der Waals surface area contributed by atoms with Crippen LogP contribution in [0.2, 0.25) is 0 Å². The maximum absolute atomic E-state index is 5.86. The van der Waals surface area contributed by atoms with E-state index in [1.54, 1.807) is 0 Å². The molecule has 0 bridgehead atoms. The van der Waals surface area contributed by atoms with E-state index in [0.717, 1.165) is 51.1 Å². The molecule has 2 nitrogen and oxygen atoms in total. The van der Waals surface area contributed by atoms with Gasteiger partial charge >= 0.3 is 0 Å². The Morgan fingerprint density at radius 1 is 1.11 bits per heavy atom. The number of allylic oxidation sites excluding steroid dienone is 4. The van der Waals surface area contributed by atoms with Crippen LogP contribution in [0.4, 0.5) is 0 Å². The zero-order valence-electron chi connectivity index (χ0n) is 18.6. The van der Waals surface area contributed by atoms with Crippen molar-refractivity contribution in [2.75, 3.05) is 19.7 Å². The fourth-order valence-electron chi connectivity index (χ4n) is 2.86. The molecule has 156 valence electrons. The topological polar surface area (TPSA) is 21.3 Å². The Morgan fingerprint density at radius 2 is 1.82 bits per heavy atom. The quantitative estimate of drug-likeness (QED) is 0.256. The lowest BCUT2D eigenvalue weighted by Gasteiger charge is -2.20. The fourth-order valence-corrected chi connectivity index (χ4v) is 2.86. The summed E-state index contributed by atoms with van der Waals surface area (Å²) in [7, 11) is 0. The molecule has 0 aliphatic heterocycles. The van der Waals surface area contributed by atoms with Gasteiger partial charge in [0.1, 0.15) is 5.75 Å². The van der Waals surface area contributed by atoms with E-state index < -0.39 is 0 Å². The minimum absolute atomic E-state index is 0.0201. The number of benzene rings is 1. The normalized spacial score (nSPS) is 13.3. The third-order valence-electron chi connectivity index (χ3n) is 4.96. The lowest BCUT2D eigenvalue weighted by Crippen LogP contribution is -2.17. The summed E-state index contributed by atoms with van der Waals surface area (Å²) in [6, 6.07) is 8.37. The lowest BCUT2D eigenvalue weighted by molar-refractivity contribution is 0.306. The number of nitrogens with one attached hydrogen (secondary N) is 1. The predicted octanol–water partition coefficient (Wildman–Crippen LogP) is 7.19. The van der Waals surface area contributed by atoms with Gasteiger partial charge in [0.2, 0.25) is 0 Å². The first-order chi connectivity index (χ1) is 13.5. The largest absolute Gasteiger partial charge is 0.494 e. The van der Waals surface area contributed by atoms with Gasteiger partial charge in [-0.15, -0.1) is 6.58 Å². The molecule has 1 N–H and O–H groups in total. The molecule has 0 saturated carbocycles. The van der Waals surface area contributed by atoms with Crippen LogP contribution in [0.1, 0.15) is 71.8 Å². The molecular formula is C26H41NO. The Balaban J connectivity index is 2.37. The highest BCUT2D eigenvalue weighted by Crippen LogP contribution is 2.28. The van der Waals surface area contributed by atoms with E-state index in [0.29, 0.717) is 0 Å². The molecule has 28 heavy (non-hydrogen) atoms. The van der Waals surface area contributed by atoms with Crippen LogP contribution in [0.3, 0.4) is 0 Å². The molecule has 1 atom stereocenters. The number of ether oxygens (including phenoxy) is 1. The van der Waals surface area contributed by atoms with Gasteiger partial charge in [-0.1, -0.05) is 62.3 Å². The van der Waals surface area contributed by atoms with E-state index in [1.807, 2.05) is 0 Å². The summed E-state index contributed by atoms with van der Waals surface area (Å²) in [5.41, 5.74) is 2.59. The minimum Gasteiger partial charge on any atom is -0.494 e. The predicted molar refractivity (Wildman–Crippen MR) is 125 cm³/mol. The molecule has 1 aromatic rings. The number of hydrogen-bond acceptors (Lipinski definition) is 2. The molecular weight excluding hydrogens is 342 g/mol. The summed E-state index contributed by atoms with van der Waals surface area (Å²) < 4.78 is 5.86. The van der Waals surface area contributed by atoms with Gasteiger partial charge in [0.05, 0.1) is 6.61 Å². The molecule has 0 saturated heterocycles. The number of hydrogen-bond donors (Lipinski definition) is 1. The Kier molecular flexibility index (Phi) is 12.3. The van der Waals surface area contributed by atoms with Crippen molar-refractivity contribution in [3.63, 3.8) is 0 Å². The molecule has 0 aliphatic rings. The highest BCUT2D eigenvalue weighted by Gasteiger charge is 2.14. The van der Waals surface area contributed by atoms with Gasteiger partial charge in [-0.25, -0.2) is 0 Å². The third-order valence-corrected chi connectivity index (χ3v) is 4.96. The molecule has 0 radical (unpaired) electrons. The Bertz CT molecular complexity index is 595. The van der Waals surface area contributed by atoms with Crippen LogP contribution in [0.25, 0.3) is 6.08 Å².